The summed E-state index contributed by atoms with van der Waals surface area (Å²) >= 11 is 0. The Hall–Kier alpha value is -3.16. The van der Waals surface area contributed by atoms with Gasteiger partial charge in [0.05, 0.1) is 7.11 Å². The molecular formula is C26H35N5O6SSi. The summed E-state index contributed by atoms with van der Waals surface area (Å²) in [6.07, 6.45) is 5.85. The number of rotatable bonds is 12. The average Bonchev–Trinajstić information content (AvgIpc) is 3.30. The molecule has 0 amide bonds. The van der Waals surface area contributed by atoms with Crippen molar-refractivity contribution in [1.29, 1.82) is 0 Å². The summed E-state index contributed by atoms with van der Waals surface area (Å²) in [7, 11) is -2.81. The molecule has 1 aliphatic rings. The second-order valence-corrected chi connectivity index (χ2v) is 17.6. The van der Waals surface area contributed by atoms with Crippen LogP contribution in [0.15, 0.2) is 35.7 Å². The Morgan fingerprint density at radius 1 is 1.15 bits per heavy atom. The van der Waals surface area contributed by atoms with E-state index < -0.39 is 24.2 Å². The number of thiol groups is 1. The smallest absolute Gasteiger partial charge is 0.315 e. The molecule has 13 heteroatoms. The maximum absolute atomic E-state index is 12.1. The van der Waals surface area contributed by atoms with Crippen molar-refractivity contribution in [1.82, 2.24) is 24.7 Å². The van der Waals surface area contributed by atoms with E-state index in [-0.39, 0.29) is 30.3 Å². The highest BCUT2D eigenvalue weighted by atomic mass is 32.2. The molecule has 0 aliphatic heterocycles. The summed E-state index contributed by atoms with van der Waals surface area (Å²) in [6, 6.07) is 6.39. The van der Waals surface area contributed by atoms with Crippen LogP contribution in [0.1, 0.15) is 24.8 Å². The molecule has 3 aromatic heterocycles. The Morgan fingerprint density at radius 3 is 2.49 bits per heavy atom. The zero-order valence-electron chi connectivity index (χ0n) is 23.0. The lowest BCUT2D eigenvalue weighted by atomic mass is 9.69. The standard InChI is InChI=1S/C26H35N5O6SSi/c1-18-13-22(37-16-26(9-6-10-26)24(32)35-2)28-15-20(18)19-7-8-21(27-14-19)23-29-25(38(33)34)31(30-23)17-36-11-12-39(3,4)5/h7-8,13-15,38H,6,9-12,16-17H2,1-5H3. The summed E-state index contributed by atoms with van der Waals surface area (Å²) in [4.78, 5) is 25.2. The zero-order valence-corrected chi connectivity index (χ0v) is 24.9. The van der Waals surface area contributed by atoms with E-state index in [9.17, 15) is 13.2 Å². The lowest BCUT2D eigenvalue weighted by Gasteiger charge is -2.38. The van der Waals surface area contributed by atoms with Gasteiger partial charge >= 0.3 is 5.97 Å². The molecule has 0 aromatic carbocycles. The van der Waals surface area contributed by atoms with Crippen LogP contribution in [0.5, 0.6) is 5.88 Å². The van der Waals surface area contributed by atoms with Crippen molar-refractivity contribution in [3.8, 4) is 28.5 Å². The van der Waals surface area contributed by atoms with E-state index in [0.29, 0.717) is 18.2 Å². The van der Waals surface area contributed by atoms with Gasteiger partial charge in [-0.1, -0.05) is 32.1 Å². The minimum absolute atomic E-state index is 0.00818. The Morgan fingerprint density at radius 2 is 1.92 bits per heavy atom. The summed E-state index contributed by atoms with van der Waals surface area (Å²) in [5.74, 6) is 0.409. The molecule has 0 bridgehead atoms. The normalized spacial score (nSPS) is 14.7. The molecule has 0 radical (unpaired) electrons. The molecule has 39 heavy (non-hydrogen) atoms. The lowest BCUT2D eigenvalue weighted by molar-refractivity contribution is -0.161. The van der Waals surface area contributed by atoms with Crippen molar-refractivity contribution < 1.29 is 27.4 Å². The van der Waals surface area contributed by atoms with E-state index in [2.05, 4.69) is 39.7 Å². The second kappa shape index (κ2) is 11.9. The first-order valence-corrected chi connectivity index (χ1v) is 17.7. The van der Waals surface area contributed by atoms with Gasteiger partial charge in [0.2, 0.25) is 27.6 Å². The second-order valence-electron chi connectivity index (χ2n) is 11.0. The van der Waals surface area contributed by atoms with Gasteiger partial charge in [-0.3, -0.25) is 9.78 Å². The summed E-state index contributed by atoms with van der Waals surface area (Å²) in [5.41, 5.74) is 2.48. The van der Waals surface area contributed by atoms with Gasteiger partial charge in [-0.15, -0.1) is 5.10 Å². The minimum atomic E-state index is -2.95. The third-order valence-corrected chi connectivity index (χ3v) is 9.20. The Kier molecular flexibility index (Phi) is 8.82. The van der Waals surface area contributed by atoms with Crippen LogP contribution in [0.25, 0.3) is 22.6 Å². The van der Waals surface area contributed by atoms with Gasteiger partial charge in [0.1, 0.15) is 24.4 Å². The molecule has 210 valence electrons. The number of hydrogen-bond acceptors (Lipinski definition) is 10. The zero-order chi connectivity index (χ0) is 28.2. The predicted octanol–water partition coefficient (Wildman–Crippen LogP) is 3.72. The van der Waals surface area contributed by atoms with Crippen LogP contribution < -0.4 is 4.74 Å². The van der Waals surface area contributed by atoms with E-state index >= 15 is 0 Å². The monoisotopic (exact) mass is 573 g/mol. The Bertz CT molecular complexity index is 1390. The summed E-state index contributed by atoms with van der Waals surface area (Å²) in [5, 5.41) is 4.16. The summed E-state index contributed by atoms with van der Waals surface area (Å²) in [6.45, 7) is 9.47. The topological polar surface area (TPSA) is 135 Å². The number of esters is 1. The van der Waals surface area contributed by atoms with Gasteiger partial charge in [-0.05, 0) is 37.4 Å². The van der Waals surface area contributed by atoms with Crippen LogP contribution in [0, 0.1) is 12.3 Å². The number of aryl methyl sites for hydroxylation is 1. The summed E-state index contributed by atoms with van der Waals surface area (Å²) < 4.78 is 41.2. The molecule has 1 fully saturated rings. The number of methoxy groups -OCH3 is 1. The van der Waals surface area contributed by atoms with E-state index in [1.54, 1.807) is 18.5 Å². The molecule has 4 rings (SSSR count). The van der Waals surface area contributed by atoms with Crippen molar-refractivity contribution in [2.75, 3.05) is 20.3 Å². The van der Waals surface area contributed by atoms with E-state index in [1.807, 2.05) is 19.1 Å². The lowest BCUT2D eigenvalue weighted by Crippen LogP contribution is -2.44. The SMILES string of the molecule is COC(=O)C1(COc2cc(C)c(-c3ccc(-c4nc([SH](=O)=O)n(COCC[Si](C)(C)C)n4)nc3)cn2)CCC1. The molecule has 1 aliphatic carbocycles. The number of pyridine rings is 2. The van der Waals surface area contributed by atoms with Crippen molar-refractivity contribution in [2.24, 2.45) is 5.41 Å². The third kappa shape index (κ3) is 6.89. The molecule has 0 atom stereocenters. The van der Waals surface area contributed by atoms with Crippen LogP contribution >= 0.6 is 0 Å². The first-order chi connectivity index (χ1) is 18.5. The van der Waals surface area contributed by atoms with Crippen LogP contribution in [0.2, 0.25) is 25.7 Å². The third-order valence-electron chi connectivity index (χ3n) is 6.84. The Balaban J connectivity index is 1.44. The molecular weight excluding hydrogens is 538 g/mol. The number of aromatic nitrogens is 5. The number of ether oxygens (including phenoxy) is 3. The molecule has 3 heterocycles. The van der Waals surface area contributed by atoms with Crippen LogP contribution in [-0.4, -0.2) is 67.5 Å². The minimum Gasteiger partial charge on any atom is -0.476 e. The molecule has 11 nitrogen and oxygen atoms in total. The molecule has 0 unspecified atom stereocenters. The van der Waals surface area contributed by atoms with E-state index in [4.69, 9.17) is 14.2 Å². The van der Waals surface area contributed by atoms with E-state index in [0.717, 1.165) is 42.0 Å². The fourth-order valence-corrected chi connectivity index (χ4v) is 5.45. The van der Waals surface area contributed by atoms with Gasteiger partial charge in [-0.25, -0.2) is 18.1 Å². The number of carbonyl (C=O) groups excluding carboxylic acids is 1. The van der Waals surface area contributed by atoms with Crippen molar-refractivity contribution in [2.45, 2.75) is 63.8 Å². The van der Waals surface area contributed by atoms with Crippen molar-refractivity contribution >= 4 is 24.7 Å². The average molecular weight is 574 g/mol. The number of carbonyl (C=O) groups is 1. The predicted molar refractivity (Wildman–Crippen MR) is 148 cm³/mol. The van der Waals surface area contributed by atoms with Gasteiger partial charge in [-0.2, -0.15) is 4.98 Å². The van der Waals surface area contributed by atoms with Gasteiger partial charge in [0, 0.05) is 44.3 Å². The highest BCUT2D eigenvalue weighted by molar-refractivity contribution is 7.72. The quantitative estimate of drug-likeness (QED) is 0.148. The number of hydrogen-bond donors (Lipinski definition) is 1. The first-order valence-electron chi connectivity index (χ1n) is 12.8. The molecule has 3 aromatic rings. The van der Waals surface area contributed by atoms with Gasteiger partial charge < -0.3 is 14.2 Å². The van der Waals surface area contributed by atoms with Crippen LogP contribution in [-0.2, 0) is 31.7 Å². The largest absolute Gasteiger partial charge is 0.476 e. The maximum atomic E-state index is 12.1. The molecule has 0 N–H and O–H groups in total. The van der Waals surface area contributed by atoms with E-state index in [1.165, 1.54) is 11.8 Å². The first kappa shape index (κ1) is 28.8. The van der Waals surface area contributed by atoms with Crippen LogP contribution in [0.4, 0.5) is 0 Å². The van der Waals surface area contributed by atoms with Crippen LogP contribution in [0.3, 0.4) is 0 Å². The highest BCUT2D eigenvalue weighted by Gasteiger charge is 2.46. The maximum Gasteiger partial charge on any atom is 0.315 e. The Labute approximate surface area is 230 Å². The molecule has 0 saturated heterocycles. The van der Waals surface area contributed by atoms with Gasteiger partial charge in [0.15, 0.2) is 0 Å². The van der Waals surface area contributed by atoms with Crippen molar-refractivity contribution in [3.63, 3.8) is 0 Å². The highest BCUT2D eigenvalue weighted by Crippen LogP contribution is 2.42. The van der Waals surface area contributed by atoms with Crippen molar-refractivity contribution in [3.05, 3.63) is 36.2 Å². The number of nitrogens with zero attached hydrogens (tertiary/aromatic N) is 5. The molecule has 0 spiro atoms. The fraction of sp³-hybridized carbons (Fsp3) is 0.500. The fourth-order valence-electron chi connectivity index (χ4n) is 4.23. The van der Waals surface area contributed by atoms with Gasteiger partial charge in [0.25, 0.3) is 0 Å². The molecule has 1 saturated carbocycles.